The van der Waals surface area contributed by atoms with Gasteiger partial charge in [-0.25, -0.2) is 4.79 Å². The summed E-state index contributed by atoms with van der Waals surface area (Å²) in [6.45, 7) is 16.1. The number of nitrogens with two attached hydrogens (primary N) is 1. The van der Waals surface area contributed by atoms with Gasteiger partial charge in [-0.2, -0.15) is 11.8 Å². The molecular formula is C45H64ClNO7S. The maximum absolute atomic E-state index is 14.9. The van der Waals surface area contributed by atoms with Crippen LogP contribution in [0.25, 0.3) is 6.08 Å². The molecule has 0 bridgehead atoms. The topological polar surface area (TPSA) is 122 Å². The van der Waals surface area contributed by atoms with E-state index in [4.69, 9.17) is 15.2 Å². The lowest BCUT2D eigenvalue weighted by molar-refractivity contribution is -0.211. The predicted octanol–water partition coefficient (Wildman–Crippen LogP) is 9.17. The minimum atomic E-state index is -0.699. The monoisotopic (exact) mass is 797 g/mol. The molecule has 0 aromatic heterocycles. The number of halogens is 1. The van der Waals surface area contributed by atoms with Crippen LogP contribution in [-0.2, 0) is 28.7 Å². The van der Waals surface area contributed by atoms with Crippen LogP contribution in [0.3, 0.4) is 0 Å². The molecule has 5 aliphatic carbocycles. The highest BCUT2D eigenvalue weighted by Gasteiger charge is 2.70. The lowest BCUT2D eigenvalue weighted by Gasteiger charge is -2.70. The smallest absolute Gasteiger partial charge is 0.330 e. The Labute approximate surface area is 339 Å². The number of ketones is 1. The number of carbonyl (C=O) groups is 4. The van der Waals surface area contributed by atoms with Crippen molar-refractivity contribution < 1.29 is 33.4 Å². The number of hydrogen-bond acceptors (Lipinski definition) is 9. The highest BCUT2D eigenvalue weighted by Crippen LogP contribution is 2.75. The molecule has 8 nitrogen and oxygen atoms in total. The average molecular weight is 799 g/mol. The number of esters is 3. The Bertz CT molecular complexity index is 1730. The molecule has 0 unspecified atom stereocenters. The lowest BCUT2D eigenvalue weighted by Crippen LogP contribution is -2.67. The number of thioether (sulfide) groups is 1. The molecule has 4 fully saturated rings. The molecule has 0 amide bonds. The van der Waals surface area contributed by atoms with Crippen LogP contribution >= 0.6 is 24.2 Å². The summed E-state index contributed by atoms with van der Waals surface area (Å²) in [6, 6.07) is 6.51. The van der Waals surface area contributed by atoms with Crippen LogP contribution in [0.1, 0.15) is 118 Å². The van der Waals surface area contributed by atoms with Crippen molar-refractivity contribution in [2.75, 3.05) is 19.1 Å². The fraction of sp³-hybridized carbons (Fsp3) is 0.689. The van der Waals surface area contributed by atoms with Crippen molar-refractivity contribution in [3.05, 3.63) is 47.6 Å². The number of benzene rings is 1. The van der Waals surface area contributed by atoms with Crippen molar-refractivity contribution in [2.45, 2.75) is 125 Å². The molecule has 1 aromatic carbocycles. The summed E-state index contributed by atoms with van der Waals surface area (Å²) in [6.07, 6.45) is 15.3. The summed E-state index contributed by atoms with van der Waals surface area (Å²) in [4.78, 5) is 53.5. The first-order chi connectivity index (χ1) is 25.3. The average Bonchev–Trinajstić information content (AvgIpc) is 3.12. The molecule has 0 radical (unpaired) electrons. The second kappa shape index (κ2) is 15.6. The summed E-state index contributed by atoms with van der Waals surface area (Å²) in [5.41, 5.74) is 6.63. The van der Waals surface area contributed by atoms with Gasteiger partial charge in [-0.3, -0.25) is 14.4 Å². The maximum Gasteiger partial charge on any atom is 0.330 e. The normalized spacial score (nSPS) is 38.1. The Morgan fingerprint density at radius 1 is 0.945 bits per heavy atom. The van der Waals surface area contributed by atoms with E-state index in [1.54, 1.807) is 30.0 Å². The molecule has 2 N–H and O–H groups in total. The minimum absolute atomic E-state index is 0. The third-order valence-corrected chi connectivity index (χ3v) is 16.5. The summed E-state index contributed by atoms with van der Waals surface area (Å²) in [5.74, 6) is 0.736. The minimum Gasteiger partial charge on any atom is -0.466 e. The zero-order chi connectivity index (χ0) is 39.5. The van der Waals surface area contributed by atoms with Gasteiger partial charge in [0.05, 0.1) is 12.5 Å². The van der Waals surface area contributed by atoms with Gasteiger partial charge in [0, 0.05) is 17.4 Å². The summed E-state index contributed by atoms with van der Waals surface area (Å²) < 4.78 is 16.9. The van der Waals surface area contributed by atoms with E-state index in [9.17, 15) is 19.2 Å². The van der Waals surface area contributed by atoms with Crippen LogP contribution in [0.2, 0.25) is 0 Å². The van der Waals surface area contributed by atoms with Crippen LogP contribution in [0.4, 0.5) is 0 Å². The first kappa shape index (κ1) is 43.5. The summed E-state index contributed by atoms with van der Waals surface area (Å²) in [5, 5.41) is 0. The van der Waals surface area contributed by atoms with Crippen molar-refractivity contribution >= 4 is 53.9 Å². The van der Waals surface area contributed by atoms with Gasteiger partial charge in [0.1, 0.15) is 17.9 Å². The molecular weight excluding hydrogens is 734 g/mol. The summed E-state index contributed by atoms with van der Waals surface area (Å²) in [7, 11) is 1.34. The third kappa shape index (κ3) is 7.37. The van der Waals surface area contributed by atoms with Crippen molar-refractivity contribution in [3.63, 3.8) is 0 Å². The molecule has 0 spiro atoms. The molecule has 0 heterocycles. The van der Waals surface area contributed by atoms with Gasteiger partial charge in [-0.1, -0.05) is 59.2 Å². The highest BCUT2D eigenvalue weighted by molar-refractivity contribution is 7.98. The van der Waals surface area contributed by atoms with E-state index >= 15 is 0 Å². The number of hydrogen-bond donors (Lipinski definition) is 1. The van der Waals surface area contributed by atoms with E-state index in [0.717, 1.165) is 62.7 Å². The Kier molecular flexibility index (Phi) is 12.4. The second-order valence-corrected chi connectivity index (χ2v) is 20.2. The number of methoxy groups -OCH3 is 1. The van der Waals surface area contributed by atoms with E-state index in [0.29, 0.717) is 18.6 Å². The molecule has 0 aliphatic heterocycles. The molecule has 10 atom stereocenters. The Morgan fingerprint density at radius 2 is 1.62 bits per heavy atom. The first-order valence-electron chi connectivity index (χ1n) is 20.1. The number of allylic oxidation sites excluding steroid dienone is 2. The molecule has 4 saturated carbocycles. The molecule has 0 saturated heterocycles. The molecule has 55 heavy (non-hydrogen) atoms. The van der Waals surface area contributed by atoms with Crippen molar-refractivity contribution in [1.82, 2.24) is 0 Å². The van der Waals surface area contributed by atoms with Gasteiger partial charge < -0.3 is 19.9 Å². The fourth-order valence-corrected chi connectivity index (χ4v) is 12.7. The van der Waals surface area contributed by atoms with E-state index in [-0.39, 0.29) is 81.1 Å². The third-order valence-electron chi connectivity index (χ3n) is 15.9. The number of rotatable bonds is 9. The number of carbonyl (C=O) groups excluding carboxylic acids is 4. The number of ether oxygens (including phenoxy) is 3. The predicted molar refractivity (Wildman–Crippen MR) is 221 cm³/mol. The van der Waals surface area contributed by atoms with Crippen LogP contribution in [0.15, 0.2) is 42.0 Å². The highest BCUT2D eigenvalue weighted by atomic mass is 35.5. The molecule has 304 valence electrons. The molecule has 1 aromatic rings. The first-order valence-corrected chi connectivity index (χ1v) is 21.5. The number of fused-ring (bicyclic) bond motifs is 7. The fourth-order valence-electron chi connectivity index (χ4n) is 12.3. The quantitative estimate of drug-likeness (QED) is 0.148. The van der Waals surface area contributed by atoms with Gasteiger partial charge in [0.15, 0.2) is 5.78 Å². The zero-order valence-electron chi connectivity index (χ0n) is 34.5. The SMILES string of the molecule is COC(=O)/C=C/c1ccc(OC(=O)[C@@]2(C)CC[C@]3(C)CC[C@]4(C)C(=CC(=O)[C@@H]5[C@@]6(C)CC[C@H](OC(=O)[C@@H](N)CCSC)C(C)(C)[C@@H]6CC[C@]54C)[C@H]3C2)cc1.Cl. The van der Waals surface area contributed by atoms with Gasteiger partial charge in [0.25, 0.3) is 0 Å². The molecule has 5 aliphatic rings. The van der Waals surface area contributed by atoms with Crippen LogP contribution in [-0.4, -0.2) is 55.0 Å². The van der Waals surface area contributed by atoms with Crippen molar-refractivity contribution in [1.29, 1.82) is 0 Å². The van der Waals surface area contributed by atoms with Gasteiger partial charge >= 0.3 is 17.9 Å². The van der Waals surface area contributed by atoms with Crippen molar-refractivity contribution in [2.24, 2.45) is 56.0 Å². The van der Waals surface area contributed by atoms with Gasteiger partial charge in [-0.05, 0) is 146 Å². The summed E-state index contributed by atoms with van der Waals surface area (Å²) >= 11 is 1.68. The van der Waals surface area contributed by atoms with Crippen LogP contribution < -0.4 is 10.5 Å². The Balaban J connectivity index is 0.00000580. The van der Waals surface area contributed by atoms with Gasteiger partial charge in [0.2, 0.25) is 0 Å². The van der Waals surface area contributed by atoms with Crippen LogP contribution in [0.5, 0.6) is 5.75 Å². The van der Waals surface area contributed by atoms with Crippen LogP contribution in [0, 0.1) is 50.2 Å². The van der Waals surface area contributed by atoms with E-state index in [1.807, 2.05) is 31.4 Å². The lowest BCUT2D eigenvalue weighted by atomic mass is 9.33. The Morgan fingerprint density at radius 3 is 2.27 bits per heavy atom. The second-order valence-electron chi connectivity index (χ2n) is 19.2. The molecule has 6 rings (SSSR count). The molecule has 10 heteroatoms. The Hall–Kier alpha value is -2.62. The largest absolute Gasteiger partial charge is 0.466 e. The standard InChI is InChI=1S/C45H63NO7S.ClH/c1-40(2)34-16-20-45(7)37(43(34,5)19-17-35(40)53-38(49)32(46)18-25-54-9)33(47)26-30-31-27-42(4,22-21-41(31,3)23-24-44(30,45)6)39(50)52-29-13-10-28(11-14-29)12-15-36(48)51-8;/h10-15,26,31-32,34-35,37H,16-25,27,46H2,1-9H3;1H/b15-12+;/t31-,32+,34+,35+,37-,41-,42+,43+,44-,45-;/m1./s1. The van der Waals surface area contributed by atoms with Crippen molar-refractivity contribution in [3.8, 4) is 5.75 Å². The van der Waals surface area contributed by atoms with E-state index in [1.165, 1.54) is 18.8 Å². The maximum atomic E-state index is 14.9. The van der Waals surface area contributed by atoms with E-state index in [2.05, 4.69) is 46.3 Å². The zero-order valence-corrected chi connectivity index (χ0v) is 36.1. The van der Waals surface area contributed by atoms with E-state index < -0.39 is 17.4 Å². The van der Waals surface area contributed by atoms with Gasteiger partial charge in [-0.15, -0.1) is 12.4 Å².